The third-order valence-corrected chi connectivity index (χ3v) is 15.0. The molecule has 2 spiro atoms. The van der Waals surface area contributed by atoms with Crippen LogP contribution in [0.5, 0.6) is 0 Å². The van der Waals surface area contributed by atoms with E-state index in [9.17, 15) is 0 Å². The monoisotopic (exact) mass is 811 g/mol. The van der Waals surface area contributed by atoms with E-state index >= 15 is 0 Å². The molecule has 2 atom stereocenters. The second-order valence-corrected chi connectivity index (χ2v) is 17.9. The second kappa shape index (κ2) is 12.2. The summed E-state index contributed by atoms with van der Waals surface area (Å²) in [5.74, 6) is 0. The molecule has 1 aromatic heterocycles. The Hall–Kier alpha value is -8.20. The lowest BCUT2D eigenvalue weighted by Gasteiger charge is -2.51. The van der Waals surface area contributed by atoms with Gasteiger partial charge in [-0.2, -0.15) is 0 Å². The number of rotatable bonds is 3. The summed E-state index contributed by atoms with van der Waals surface area (Å²) in [4.78, 5) is 2.66. The van der Waals surface area contributed by atoms with Crippen molar-refractivity contribution >= 4 is 74.2 Å². The van der Waals surface area contributed by atoms with E-state index in [2.05, 4.69) is 229 Å². The van der Waals surface area contributed by atoms with E-state index in [-0.39, 0.29) is 0 Å². The summed E-state index contributed by atoms with van der Waals surface area (Å²) >= 11 is 0. The highest BCUT2D eigenvalue weighted by molar-refractivity contribution is 6.15. The third kappa shape index (κ3) is 4.21. The van der Waals surface area contributed by atoms with E-state index in [0.29, 0.717) is 0 Å². The molecule has 0 saturated carbocycles. The van der Waals surface area contributed by atoms with Gasteiger partial charge in [0, 0.05) is 16.8 Å². The van der Waals surface area contributed by atoms with Gasteiger partial charge in [-0.05, 0) is 144 Å². The second-order valence-electron chi connectivity index (χ2n) is 17.9. The number of hydrogen-bond acceptors (Lipinski definition) is 2. The van der Waals surface area contributed by atoms with Crippen molar-refractivity contribution in [2.45, 2.75) is 0 Å². The minimum atomic E-state index is -0.684. The van der Waals surface area contributed by atoms with Gasteiger partial charge in [-0.3, -0.25) is 0 Å². The van der Waals surface area contributed by atoms with E-state index < -0.39 is 10.8 Å². The van der Waals surface area contributed by atoms with E-state index in [1.807, 2.05) is 0 Å². The van der Waals surface area contributed by atoms with Gasteiger partial charge in [0.05, 0.1) is 21.9 Å². The van der Waals surface area contributed by atoms with Crippen LogP contribution in [-0.2, 0) is 0 Å². The van der Waals surface area contributed by atoms with Crippen LogP contribution in [0.4, 0.5) is 5.69 Å². The first-order chi connectivity index (χ1) is 31.7. The minimum absolute atomic E-state index is 0.684. The van der Waals surface area contributed by atoms with E-state index in [1.54, 1.807) is 0 Å². The van der Waals surface area contributed by atoms with Crippen molar-refractivity contribution in [2.75, 3.05) is 4.90 Å². The predicted octanol–water partition coefficient (Wildman–Crippen LogP) is 15.2. The van der Waals surface area contributed by atoms with Crippen LogP contribution in [0.15, 0.2) is 238 Å². The minimum Gasteiger partial charge on any atom is -0.456 e. The lowest BCUT2D eigenvalue weighted by atomic mass is 9.60. The van der Waals surface area contributed by atoms with Crippen LogP contribution in [0, 0.1) is 10.8 Å². The van der Waals surface area contributed by atoms with E-state index in [4.69, 9.17) is 4.42 Å². The van der Waals surface area contributed by atoms with Crippen molar-refractivity contribution in [3.8, 4) is 0 Å². The molecule has 64 heavy (non-hydrogen) atoms. The fourth-order valence-corrected chi connectivity index (χ4v) is 12.4. The summed E-state index contributed by atoms with van der Waals surface area (Å²) in [6.07, 6.45) is 33.8. The Bertz CT molecular complexity index is 3540. The van der Waals surface area contributed by atoms with Crippen molar-refractivity contribution in [3.63, 3.8) is 0 Å². The Morgan fingerprint density at radius 3 is 1.25 bits per heavy atom. The average Bonchev–Trinajstić information content (AvgIpc) is 4.18. The molecule has 2 nitrogen and oxygen atoms in total. The van der Waals surface area contributed by atoms with Gasteiger partial charge in [-0.15, -0.1) is 0 Å². The standard InChI is InChI=1S/C62H37NO/c1-5-18-42-38(14-1)34-51-46(42)23-12-32-61(51)53-36-40-16-3-7-20-44(40)48(53)28-30-58(61)63(55-25-11-27-57-60(55)50-22-9-10-26-56(50)64-57)59-31-29-49-45-21-8-4-17-41(45)37-54(49)62(59)33-13-24-47-43-19-6-2-15-39(43)35-52(47)62/h1-37H. The number of fused-ring (bicyclic) bond motifs is 19. The van der Waals surface area contributed by atoms with Crippen LogP contribution < -0.4 is 4.90 Å². The number of nitrogens with zero attached hydrogens (tertiary/aromatic N) is 1. The van der Waals surface area contributed by atoms with E-state index in [0.717, 1.165) is 27.6 Å². The van der Waals surface area contributed by atoms with Crippen molar-refractivity contribution < 1.29 is 4.42 Å². The first-order valence-electron chi connectivity index (χ1n) is 22.3. The van der Waals surface area contributed by atoms with Gasteiger partial charge in [0.15, 0.2) is 0 Å². The average molecular weight is 812 g/mol. The Morgan fingerprint density at radius 2 is 0.766 bits per heavy atom. The molecule has 0 N–H and O–H groups in total. The van der Waals surface area contributed by atoms with Gasteiger partial charge >= 0.3 is 0 Å². The molecular weight excluding hydrogens is 775 g/mol. The molecule has 0 saturated heterocycles. The lowest BCUT2D eigenvalue weighted by molar-refractivity contribution is 0.614. The molecule has 0 aliphatic heterocycles. The Morgan fingerprint density at radius 1 is 0.359 bits per heavy atom. The van der Waals surface area contributed by atoms with Crippen LogP contribution in [0.25, 0.3) is 68.5 Å². The van der Waals surface area contributed by atoms with Crippen LogP contribution in [0.3, 0.4) is 0 Å². The lowest BCUT2D eigenvalue weighted by Crippen LogP contribution is -2.44. The summed E-state index contributed by atoms with van der Waals surface area (Å²) in [6, 6.07) is 50.7. The normalized spacial score (nSPS) is 22.1. The molecule has 6 aromatic carbocycles. The molecule has 8 aliphatic rings. The number of anilines is 1. The molecular formula is C62H37NO. The fraction of sp³-hybridized carbons (Fsp3) is 0.0323. The molecule has 15 rings (SSSR count). The highest BCUT2D eigenvalue weighted by atomic mass is 16.3. The largest absolute Gasteiger partial charge is 0.456 e. The highest BCUT2D eigenvalue weighted by Gasteiger charge is 2.55. The number of hydrogen-bond donors (Lipinski definition) is 0. The van der Waals surface area contributed by atoms with Crippen LogP contribution in [0.2, 0.25) is 0 Å². The highest BCUT2D eigenvalue weighted by Crippen LogP contribution is 2.67. The molecule has 0 bridgehead atoms. The number of para-hydroxylation sites is 1. The molecule has 1 heterocycles. The Labute approximate surface area is 371 Å². The summed E-state index contributed by atoms with van der Waals surface area (Å²) in [7, 11) is 0. The maximum absolute atomic E-state index is 6.76. The summed E-state index contributed by atoms with van der Waals surface area (Å²) in [5, 5.41) is 2.20. The van der Waals surface area contributed by atoms with Gasteiger partial charge in [0.2, 0.25) is 0 Å². The van der Waals surface area contributed by atoms with Crippen LogP contribution in [0.1, 0.15) is 44.5 Å². The Kier molecular flexibility index (Phi) is 6.58. The summed E-state index contributed by atoms with van der Waals surface area (Å²) in [6.45, 7) is 0. The third-order valence-electron chi connectivity index (χ3n) is 15.0. The molecule has 296 valence electrons. The van der Waals surface area contributed by atoms with Gasteiger partial charge in [0.1, 0.15) is 11.2 Å². The first-order valence-corrected chi connectivity index (χ1v) is 22.3. The maximum Gasteiger partial charge on any atom is 0.137 e. The molecule has 2 heteroatoms. The molecule has 0 fully saturated rings. The molecule has 2 unspecified atom stereocenters. The fourth-order valence-electron chi connectivity index (χ4n) is 12.4. The van der Waals surface area contributed by atoms with Crippen LogP contribution >= 0.6 is 0 Å². The number of furan rings is 1. The first kappa shape index (κ1) is 34.4. The zero-order chi connectivity index (χ0) is 41.7. The van der Waals surface area contributed by atoms with Gasteiger partial charge in [-0.1, -0.05) is 170 Å². The molecule has 0 amide bonds. The summed E-state index contributed by atoms with van der Waals surface area (Å²) in [5.41, 5.74) is 24.2. The van der Waals surface area contributed by atoms with Crippen molar-refractivity contribution in [3.05, 3.63) is 278 Å². The molecule has 8 aliphatic carbocycles. The smallest absolute Gasteiger partial charge is 0.137 e. The maximum atomic E-state index is 6.76. The van der Waals surface area contributed by atoms with E-state index in [1.165, 1.54) is 100 Å². The van der Waals surface area contributed by atoms with Crippen molar-refractivity contribution in [1.29, 1.82) is 0 Å². The number of benzene rings is 6. The van der Waals surface area contributed by atoms with Gasteiger partial charge < -0.3 is 9.32 Å². The quantitative estimate of drug-likeness (QED) is 0.177. The SMILES string of the molecule is C1=CC2(C3=Cc4ccccc4C3=C1)C1=Cc3ccccc3C1=CC=C2N(C1=CC=C2C(=Cc3ccccc32)C12C=CC=C1C2=Cc2ccccc21)c1cccc2oc3ccccc3c12. The zero-order valence-corrected chi connectivity index (χ0v) is 34.7. The molecule has 7 aromatic rings. The van der Waals surface area contributed by atoms with Gasteiger partial charge in [-0.25, -0.2) is 0 Å². The van der Waals surface area contributed by atoms with Crippen molar-refractivity contribution in [1.82, 2.24) is 0 Å². The van der Waals surface area contributed by atoms with Crippen molar-refractivity contribution in [2.24, 2.45) is 10.8 Å². The summed E-state index contributed by atoms with van der Waals surface area (Å²) < 4.78 is 6.76. The number of allylic oxidation sites excluding steroid dienone is 14. The topological polar surface area (TPSA) is 16.4 Å². The van der Waals surface area contributed by atoms with Gasteiger partial charge in [0.25, 0.3) is 0 Å². The Balaban J connectivity index is 1.08. The molecule has 0 radical (unpaired) electrons. The zero-order valence-electron chi connectivity index (χ0n) is 34.7. The predicted molar refractivity (Wildman–Crippen MR) is 265 cm³/mol. The van der Waals surface area contributed by atoms with Crippen LogP contribution in [-0.4, -0.2) is 0 Å².